The van der Waals surface area contributed by atoms with Gasteiger partial charge in [-0.25, -0.2) is 4.57 Å². The van der Waals surface area contributed by atoms with Gasteiger partial charge in [-0.2, -0.15) is 0 Å². The first-order valence-corrected chi connectivity index (χ1v) is 7.07. The molecule has 0 aliphatic carbocycles. The van der Waals surface area contributed by atoms with Crippen LogP contribution in [0.25, 0.3) is 0 Å². The monoisotopic (exact) mass is 254 g/mol. The van der Waals surface area contributed by atoms with Crippen LogP contribution < -0.4 is 4.52 Å². The topological polar surface area (TPSA) is 43.4 Å². The zero-order valence-corrected chi connectivity index (χ0v) is 9.80. The number of benzene rings is 1. The van der Waals surface area contributed by atoms with E-state index in [9.17, 15) is 4.57 Å². The lowest BCUT2D eigenvalue weighted by molar-refractivity contribution is -0.106. The fourth-order valence-electron chi connectivity index (χ4n) is 0.604. The highest BCUT2D eigenvalue weighted by atomic mass is 35.9. The van der Waals surface area contributed by atoms with Crippen LogP contribution in [0.4, 0.5) is 0 Å². The molecule has 0 aromatic heterocycles. The Morgan fingerprint density at radius 2 is 1.71 bits per heavy atom. The van der Waals surface area contributed by atoms with Gasteiger partial charge < -0.3 is 9.32 Å². The maximum atomic E-state index is 10.7. The average molecular weight is 255 g/mol. The molecule has 0 fully saturated rings. The van der Waals surface area contributed by atoms with Crippen molar-refractivity contribution in [3.05, 3.63) is 30.3 Å². The van der Waals surface area contributed by atoms with Gasteiger partial charge in [0.1, 0.15) is 12.0 Å². The molecule has 14 heavy (non-hydrogen) atoms. The van der Waals surface area contributed by atoms with Gasteiger partial charge in [-0.1, -0.05) is 18.2 Å². The molecule has 0 aliphatic heterocycles. The fraction of sp³-hybridized carbons (Fsp3) is 0.125. The van der Waals surface area contributed by atoms with Crippen LogP contribution in [0.1, 0.15) is 6.92 Å². The molecule has 0 N–H and O–H groups in total. The molecule has 0 amide bonds. The highest BCUT2D eigenvalue weighted by molar-refractivity contribution is 8.05. The van der Waals surface area contributed by atoms with Crippen LogP contribution in [0.2, 0.25) is 0 Å². The second-order valence-electron chi connectivity index (χ2n) is 2.05. The summed E-state index contributed by atoms with van der Waals surface area (Å²) in [5.74, 6) is 0.404. The first-order valence-electron chi connectivity index (χ1n) is 3.63. The number of halogens is 2. The molecule has 0 heterocycles. The Morgan fingerprint density at radius 3 is 2.07 bits per heavy atom. The Balaban J connectivity index is 0.000000500. The normalized spacial score (nSPS) is 9.64. The number of carbonyl (C=O) groups excluding carboxylic acids is 1. The van der Waals surface area contributed by atoms with Crippen LogP contribution in [0.3, 0.4) is 0 Å². The summed E-state index contributed by atoms with van der Waals surface area (Å²) in [6, 6.07) is 8.52. The second kappa shape index (κ2) is 6.88. The molecule has 0 bridgehead atoms. The van der Waals surface area contributed by atoms with Gasteiger partial charge in [-0.05, 0) is 19.1 Å². The van der Waals surface area contributed by atoms with Gasteiger partial charge in [-0.3, -0.25) is 0 Å². The minimum absolute atomic E-state index is 0.404. The van der Waals surface area contributed by atoms with Crippen LogP contribution in [0, 0.1) is 0 Å². The third-order valence-electron chi connectivity index (χ3n) is 0.955. The summed E-state index contributed by atoms with van der Waals surface area (Å²) in [5, 5.41) is 0. The van der Waals surface area contributed by atoms with Gasteiger partial charge >= 0.3 is 6.07 Å². The predicted molar refractivity (Wildman–Crippen MR) is 58.1 cm³/mol. The summed E-state index contributed by atoms with van der Waals surface area (Å²) in [6.07, 6.45) is -2.69. The Kier molecular flexibility index (Phi) is 6.64. The molecule has 6 heteroatoms. The number of aldehydes is 1. The molecular weight excluding hydrogens is 246 g/mol. The van der Waals surface area contributed by atoms with E-state index in [1.807, 2.05) is 0 Å². The molecule has 78 valence electrons. The van der Waals surface area contributed by atoms with Crippen molar-refractivity contribution >= 4 is 34.8 Å². The van der Waals surface area contributed by atoms with E-state index in [0.717, 1.165) is 6.29 Å². The summed E-state index contributed by atoms with van der Waals surface area (Å²) in [7, 11) is 0. The van der Waals surface area contributed by atoms with E-state index in [1.54, 1.807) is 30.3 Å². The van der Waals surface area contributed by atoms with Gasteiger partial charge in [0.15, 0.2) is 0 Å². The highest BCUT2D eigenvalue weighted by Crippen LogP contribution is 2.56. The van der Waals surface area contributed by atoms with E-state index in [0.29, 0.717) is 5.75 Å². The molecular formula is C8H9Cl2O3P. The van der Waals surface area contributed by atoms with Gasteiger partial charge in [0.2, 0.25) is 0 Å². The lowest BCUT2D eigenvalue weighted by Crippen LogP contribution is -1.79. The number of rotatable bonds is 2. The zero-order chi connectivity index (χ0) is 11.0. The van der Waals surface area contributed by atoms with Crippen LogP contribution in [0.5, 0.6) is 5.75 Å². The van der Waals surface area contributed by atoms with Crippen LogP contribution in [-0.2, 0) is 9.36 Å². The van der Waals surface area contributed by atoms with Crippen molar-refractivity contribution < 1.29 is 13.9 Å². The fourth-order valence-corrected chi connectivity index (χ4v) is 1.45. The number of carbonyl (C=O) groups is 1. The van der Waals surface area contributed by atoms with Crippen molar-refractivity contribution in [3.8, 4) is 5.75 Å². The Bertz CT molecular complexity index is 310. The molecule has 1 aromatic rings. The molecule has 0 atom stereocenters. The van der Waals surface area contributed by atoms with Gasteiger partial charge in [0, 0.05) is 22.5 Å². The van der Waals surface area contributed by atoms with E-state index in [1.165, 1.54) is 6.92 Å². The molecule has 1 aromatic carbocycles. The summed E-state index contributed by atoms with van der Waals surface area (Å²) in [4.78, 5) is 8.81. The number of hydrogen-bond donors (Lipinski definition) is 0. The standard InChI is InChI=1S/C6H5Cl2O2P.C2H4O/c7-11(8,9)10-6-4-2-1-3-5-6;1-2-3/h1-5H;2H,1H3. The van der Waals surface area contributed by atoms with Crippen LogP contribution >= 0.6 is 28.6 Å². The molecule has 0 spiro atoms. The second-order valence-corrected chi connectivity index (χ2v) is 6.26. The van der Waals surface area contributed by atoms with E-state index >= 15 is 0 Å². The van der Waals surface area contributed by atoms with Crippen LogP contribution in [0.15, 0.2) is 30.3 Å². The first kappa shape index (κ1) is 13.5. The van der Waals surface area contributed by atoms with E-state index < -0.39 is 6.07 Å². The van der Waals surface area contributed by atoms with Gasteiger partial charge in [0.25, 0.3) is 0 Å². The van der Waals surface area contributed by atoms with Gasteiger partial charge in [-0.15, -0.1) is 0 Å². The third kappa shape index (κ3) is 8.11. The van der Waals surface area contributed by atoms with Crippen LogP contribution in [-0.4, -0.2) is 6.29 Å². The van der Waals surface area contributed by atoms with E-state index in [-0.39, 0.29) is 0 Å². The molecule has 0 saturated carbocycles. The van der Waals surface area contributed by atoms with Gasteiger partial charge in [0.05, 0.1) is 0 Å². The number of para-hydroxylation sites is 1. The Morgan fingerprint density at radius 1 is 1.29 bits per heavy atom. The van der Waals surface area contributed by atoms with Crippen molar-refractivity contribution in [2.45, 2.75) is 6.92 Å². The van der Waals surface area contributed by atoms with E-state index in [2.05, 4.69) is 4.52 Å². The zero-order valence-electron chi connectivity index (χ0n) is 7.39. The Labute approximate surface area is 92.0 Å². The lowest BCUT2D eigenvalue weighted by atomic mass is 10.3. The van der Waals surface area contributed by atoms with Crippen molar-refractivity contribution in [1.29, 1.82) is 0 Å². The highest BCUT2D eigenvalue weighted by Gasteiger charge is 2.15. The SMILES string of the molecule is CC=O.O=P(Cl)(Cl)Oc1ccccc1. The summed E-state index contributed by atoms with van der Waals surface area (Å²) < 4.78 is 15.4. The van der Waals surface area contributed by atoms with Crippen molar-refractivity contribution in [2.75, 3.05) is 0 Å². The average Bonchev–Trinajstić information content (AvgIpc) is 2.04. The van der Waals surface area contributed by atoms with Crippen molar-refractivity contribution in [1.82, 2.24) is 0 Å². The molecule has 0 unspecified atom stereocenters. The van der Waals surface area contributed by atoms with E-state index in [4.69, 9.17) is 27.3 Å². The molecule has 0 radical (unpaired) electrons. The quantitative estimate of drug-likeness (QED) is 0.595. The minimum atomic E-state index is -3.44. The summed E-state index contributed by atoms with van der Waals surface area (Å²) in [6.45, 7) is 1.44. The summed E-state index contributed by atoms with van der Waals surface area (Å²) in [5.41, 5.74) is 0. The predicted octanol–water partition coefficient (Wildman–Crippen LogP) is 3.86. The third-order valence-corrected chi connectivity index (χ3v) is 1.79. The largest absolute Gasteiger partial charge is 0.428 e. The smallest absolute Gasteiger partial charge is 0.422 e. The number of hydrogen-bond acceptors (Lipinski definition) is 3. The maximum absolute atomic E-state index is 10.7. The van der Waals surface area contributed by atoms with Crippen molar-refractivity contribution in [3.63, 3.8) is 0 Å². The molecule has 0 saturated heterocycles. The first-order chi connectivity index (χ1) is 6.49. The lowest BCUT2D eigenvalue weighted by Gasteiger charge is -2.03. The maximum Gasteiger partial charge on any atom is 0.428 e. The minimum Gasteiger partial charge on any atom is -0.422 e. The molecule has 1 rings (SSSR count). The summed E-state index contributed by atoms with van der Waals surface area (Å²) >= 11 is 10.3. The Hall–Kier alpha value is -0.500. The molecule has 0 aliphatic rings. The molecule has 3 nitrogen and oxygen atoms in total. The van der Waals surface area contributed by atoms with Crippen molar-refractivity contribution in [2.24, 2.45) is 0 Å².